The average molecular weight is 528 g/mol. The van der Waals surface area contributed by atoms with Crippen molar-refractivity contribution in [3.8, 4) is 5.75 Å². The number of aliphatic hydroxyl groups is 4. The van der Waals surface area contributed by atoms with E-state index >= 15 is 0 Å². The number of hydrogen-bond acceptors (Lipinski definition) is 10. The summed E-state index contributed by atoms with van der Waals surface area (Å²) in [5, 5.41) is 60.1. The fourth-order valence-corrected chi connectivity index (χ4v) is 7.03. The number of ketones is 2. The fraction of sp³-hybridized carbons (Fsp3) is 0.519. The van der Waals surface area contributed by atoms with Crippen LogP contribution in [0.3, 0.4) is 0 Å². The van der Waals surface area contributed by atoms with Gasteiger partial charge in [-0.1, -0.05) is 25.8 Å². The molecule has 0 spiro atoms. The number of carbonyl (C=O) groups is 3. The summed E-state index contributed by atoms with van der Waals surface area (Å²) >= 11 is 0. The maximum Gasteiger partial charge on any atom is 0.255 e. The molecule has 38 heavy (non-hydrogen) atoms. The first-order chi connectivity index (χ1) is 17.8. The molecule has 0 saturated heterocycles. The number of phenols is 1. The van der Waals surface area contributed by atoms with Gasteiger partial charge in [0.15, 0.2) is 11.4 Å². The van der Waals surface area contributed by atoms with Gasteiger partial charge in [-0.2, -0.15) is 0 Å². The number of hydrogen-bond donors (Lipinski definition) is 7. The van der Waals surface area contributed by atoms with E-state index in [2.05, 4.69) is 5.32 Å². The van der Waals surface area contributed by atoms with Crippen molar-refractivity contribution >= 4 is 23.2 Å². The molecular formula is C27H33N3O8. The third-order valence-corrected chi connectivity index (χ3v) is 8.85. The SMILES string of the molecule is C[C@@H]1c2ccc(NC3CCCC3)c(O)c2C(=O)C2=C(O)[C@@]3(O)C(=O)C(C(N)=O)=C(O)[C@H](N(C)C)[C@H]3[C@H](O)[C@H]21. The zero-order valence-electron chi connectivity index (χ0n) is 21.4. The van der Waals surface area contributed by atoms with Gasteiger partial charge in [0.1, 0.15) is 22.8 Å². The number of Topliss-reactive ketones (excluding diaryl/α,β-unsaturated/α-hetero) is 2. The Morgan fingerprint density at radius 2 is 1.76 bits per heavy atom. The van der Waals surface area contributed by atoms with Crippen molar-refractivity contribution in [3.05, 3.63) is 45.9 Å². The van der Waals surface area contributed by atoms with Gasteiger partial charge in [0.05, 0.1) is 29.3 Å². The van der Waals surface area contributed by atoms with Crippen LogP contribution in [0.1, 0.15) is 54.4 Å². The summed E-state index contributed by atoms with van der Waals surface area (Å²) in [6, 6.07) is 2.22. The summed E-state index contributed by atoms with van der Waals surface area (Å²) in [5.74, 6) is -8.87. The van der Waals surface area contributed by atoms with E-state index in [9.17, 15) is 39.9 Å². The summed E-state index contributed by atoms with van der Waals surface area (Å²) in [4.78, 5) is 40.8. The molecule has 5 rings (SSSR count). The lowest BCUT2D eigenvalue weighted by molar-refractivity contribution is -0.162. The van der Waals surface area contributed by atoms with Gasteiger partial charge in [0.25, 0.3) is 5.91 Å². The molecule has 11 nitrogen and oxygen atoms in total. The lowest BCUT2D eigenvalue weighted by atomic mass is 9.55. The Bertz CT molecular complexity index is 1310. The number of benzene rings is 1. The Morgan fingerprint density at radius 3 is 2.34 bits per heavy atom. The monoisotopic (exact) mass is 527 g/mol. The van der Waals surface area contributed by atoms with Gasteiger partial charge in [-0.25, -0.2) is 0 Å². The van der Waals surface area contributed by atoms with Crippen molar-refractivity contribution in [1.29, 1.82) is 0 Å². The zero-order chi connectivity index (χ0) is 27.8. The summed E-state index contributed by atoms with van der Waals surface area (Å²) < 4.78 is 0. The molecule has 1 aromatic rings. The van der Waals surface area contributed by atoms with Crippen molar-refractivity contribution in [2.24, 2.45) is 17.6 Å². The van der Waals surface area contributed by atoms with Gasteiger partial charge in [-0.15, -0.1) is 0 Å². The van der Waals surface area contributed by atoms with Crippen LogP contribution in [0.25, 0.3) is 0 Å². The molecule has 1 fully saturated rings. The predicted octanol–water partition coefficient (Wildman–Crippen LogP) is 1.01. The number of carbonyl (C=O) groups excluding carboxylic acids is 3. The van der Waals surface area contributed by atoms with Crippen LogP contribution < -0.4 is 11.1 Å². The van der Waals surface area contributed by atoms with Crippen molar-refractivity contribution < 1.29 is 39.9 Å². The van der Waals surface area contributed by atoms with Gasteiger partial charge >= 0.3 is 0 Å². The maximum atomic E-state index is 13.9. The quantitative estimate of drug-likeness (QED) is 0.219. The second-order valence-electron chi connectivity index (χ2n) is 11.1. The minimum absolute atomic E-state index is 0.0894. The molecule has 11 heteroatoms. The summed E-state index contributed by atoms with van der Waals surface area (Å²) in [6.45, 7) is 1.71. The number of aromatic hydroxyl groups is 1. The van der Waals surface area contributed by atoms with Crippen LogP contribution in [0.4, 0.5) is 5.69 Å². The average Bonchev–Trinajstić information content (AvgIpc) is 3.35. The molecule has 0 unspecified atom stereocenters. The molecule has 1 saturated carbocycles. The van der Waals surface area contributed by atoms with E-state index in [4.69, 9.17) is 5.73 Å². The number of nitrogens with two attached hydrogens (primary N) is 1. The van der Waals surface area contributed by atoms with Gasteiger partial charge < -0.3 is 36.6 Å². The van der Waals surface area contributed by atoms with Crippen LogP contribution in [0.15, 0.2) is 34.8 Å². The smallest absolute Gasteiger partial charge is 0.255 e. The summed E-state index contributed by atoms with van der Waals surface area (Å²) in [5.41, 5.74) is 1.80. The highest BCUT2D eigenvalue weighted by atomic mass is 16.4. The van der Waals surface area contributed by atoms with Crippen LogP contribution in [0, 0.1) is 11.8 Å². The minimum Gasteiger partial charge on any atom is -0.510 e. The zero-order valence-corrected chi connectivity index (χ0v) is 21.4. The maximum absolute atomic E-state index is 13.9. The van der Waals surface area contributed by atoms with E-state index in [1.165, 1.54) is 19.0 Å². The number of nitrogens with one attached hydrogen (secondary N) is 1. The molecular weight excluding hydrogens is 494 g/mol. The molecule has 0 heterocycles. The molecule has 0 radical (unpaired) electrons. The van der Waals surface area contributed by atoms with E-state index in [1.54, 1.807) is 19.1 Å². The first kappa shape index (κ1) is 26.2. The van der Waals surface area contributed by atoms with E-state index in [0.29, 0.717) is 11.3 Å². The van der Waals surface area contributed by atoms with Gasteiger partial charge in [0.2, 0.25) is 5.78 Å². The van der Waals surface area contributed by atoms with Crippen LogP contribution >= 0.6 is 0 Å². The standard InChI is InChI=1S/C27H33N3O8/c1-10-12-8-9-13(29-11-6-4-5-7-11)20(31)15(12)21(32)16-14(10)22(33)18-19(30(2)3)23(34)17(26(28)37)25(36)27(18,38)24(16)35/h8-11,14,18-19,22,29,31,33-35,38H,4-7H2,1-3H3,(H2,28,37)/t10-,14+,18+,19-,22-,27-/m1/s1. The number of aliphatic hydroxyl groups excluding tert-OH is 3. The van der Waals surface area contributed by atoms with Crippen molar-refractivity contribution in [2.75, 3.05) is 19.4 Å². The van der Waals surface area contributed by atoms with E-state index in [0.717, 1.165) is 25.7 Å². The summed E-state index contributed by atoms with van der Waals surface area (Å²) in [6.07, 6.45) is 2.35. The Balaban J connectivity index is 1.71. The third-order valence-electron chi connectivity index (χ3n) is 8.85. The third kappa shape index (κ3) is 3.35. The van der Waals surface area contributed by atoms with Crippen LogP contribution in [-0.4, -0.2) is 85.8 Å². The molecule has 8 N–H and O–H groups in total. The fourth-order valence-electron chi connectivity index (χ4n) is 7.03. The van der Waals surface area contributed by atoms with Crippen molar-refractivity contribution in [2.45, 2.75) is 62.3 Å². The molecule has 4 aliphatic rings. The first-order valence-corrected chi connectivity index (χ1v) is 12.8. The molecule has 0 bridgehead atoms. The lowest BCUT2D eigenvalue weighted by Crippen LogP contribution is -2.68. The van der Waals surface area contributed by atoms with E-state index in [1.807, 2.05) is 0 Å². The Hall–Kier alpha value is -3.41. The summed E-state index contributed by atoms with van der Waals surface area (Å²) in [7, 11) is 3.00. The number of rotatable bonds is 4. The number of primary amides is 1. The van der Waals surface area contributed by atoms with E-state index < -0.39 is 75.6 Å². The lowest BCUT2D eigenvalue weighted by Gasteiger charge is -2.53. The number of fused-ring (bicyclic) bond motifs is 3. The van der Waals surface area contributed by atoms with E-state index in [-0.39, 0.29) is 17.4 Å². The number of nitrogens with zero attached hydrogens (tertiary/aromatic N) is 1. The van der Waals surface area contributed by atoms with Crippen LogP contribution in [0.2, 0.25) is 0 Å². The molecule has 0 aliphatic heterocycles. The van der Waals surface area contributed by atoms with Crippen LogP contribution in [0.5, 0.6) is 5.75 Å². The topological polar surface area (TPSA) is 194 Å². The van der Waals surface area contributed by atoms with Crippen LogP contribution in [-0.2, 0) is 9.59 Å². The number of likely N-dealkylation sites (N-methyl/N-ethyl adjacent to an activating group) is 1. The highest BCUT2D eigenvalue weighted by Gasteiger charge is 2.67. The van der Waals surface area contributed by atoms with Gasteiger partial charge in [0, 0.05) is 17.5 Å². The highest BCUT2D eigenvalue weighted by Crippen LogP contribution is 2.56. The normalized spacial score (nSPS) is 33.4. The highest BCUT2D eigenvalue weighted by molar-refractivity contribution is 6.25. The second-order valence-corrected chi connectivity index (χ2v) is 11.1. The Morgan fingerprint density at radius 1 is 1.13 bits per heavy atom. The molecule has 6 atom stereocenters. The molecule has 204 valence electrons. The van der Waals surface area contributed by atoms with Gasteiger partial charge in [-0.05, 0) is 44.5 Å². The largest absolute Gasteiger partial charge is 0.510 e. The Labute approximate surface area is 219 Å². The number of phenolic OH excluding ortho intramolecular Hbond substituents is 1. The molecule has 4 aliphatic carbocycles. The Kier molecular flexibility index (Phi) is 6.08. The van der Waals surface area contributed by atoms with Crippen molar-refractivity contribution in [1.82, 2.24) is 4.90 Å². The molecule has 1 amide bonds. The molecule has 0 aromatic heterocycles. The predicted molar refractivity (Wildman–Crippen MR) is 136 cm³/mol. The van der Waals surface area contributed by atoms with Crippen molar-refractivity contribution in [3.63, 3.8) is 0 Å². The number of anilines is 1. The minimum atomic E-state index is -2.92. The van der Waals surface area contributed by atoms with Gasteiger partial charge in [-0.3, -0.25) is 19.3 Å². The molecule has 1 aromatic carbocycles. The number of amides is 1. The first-order valence-electron chi connectivity index (χ1n) is 12.8. The second kappa shape index (κ2) is 8.82.